The maximum absolute atomic E-state index is 4.77. The summed E-state index contributed by atoms with van der Waals surface area (Å²) in [5, 5.41) is 0. The van der Waals surface area contributed by atoms with E-state index < -0.39 is 0 Å². The fourth-order valence-electron chi connectivity index (χ4n) is 3.13. The molecule has 0 bridgehead atoms. The molecule has 0 unspecified atom stereocenters. The monoisotopic (exact) mass is 309 g/mol. The minimum atomic E-state index is 0.394. The van der Waals surface area contributed by atoms with Crippen LogP contribution in [0.5, 0.6) is 0 Å². The summed E-state index contributed by atoms with van der Waals surface area (Å²) in [6.45, 7) is 10.1. The van der Waals surface area contributed by atoms with Gasteiger partial charge in [0, 0.05) is 32.7 Å². The highest BCUT2D eigenvalue weighted by Crippen LogP contribution is 2.13. The molecule has 0 aromatic heterocycles. The fourth-order valence-corrected chi connectivity index (χ4v) is 3.13. The lowest BCUT2D eigenvalue weighted by atomic mass is 10.1. The Bertz CT molecular complexity index is 299. The van der Waals surface area contributed by atoms with Gasteiger partial charge in [-0.25, -0.2) is 0 Å². The molecular formula is C19H39N3. The number of hydrogen-bond donors (Lipinski definition) is 0. The molecule has 0 N–H and O–H groups in total. The summed E-state index contributed by atoms with van der Waals surface area (Å²) in [5.41, 5.74) is 0. The first-order valence-corrected chi connectivity index (χ1v) is 9.69. The van der Waals surface area contributed by atoms with Crippen molar-refractivity contribution in [2.45, 2.75) is 91.0 Å². The van der Waals surface area contributed by atoms with Crippen LogP contribution >= 0.6 is 0 Å². The quantitative estimate of drug-likeness (QED) is 0.477. The van der Waals surface area contributed by atoms with E-state index in [-0.39, 0.29) is 0 Å². The number of rotatable bonds is 12. The zero-order valence-corrected chi connectivity index (χ0v) is 15.6. The maximum atomic E-state index is 4.77. The third kappa shape index (κ3) is 8.05. The summed E-state index contributed by atoms with van der Waals surface area (Å²) < 4.78 is 0. The molecule has 1 saturated heterocycles. The molecule has 3 nitrogen and oxygen atoms in total. The lowest BCUT2D eigenvalue weighted by molar-refractivity contribution is 0.431. The summed E-state index contributed by atoms with van der Waals surface area (Å²) in [6, 6.07) is 0.394. The Labute approximate surface area is 139 Å². The zero-order chi connectivity index (χ0) is 16.2. The van der Waals surface area contributed by atoms with Gasteiger partial charge in [0.1, 0.15) is 0 Å². The number of nitrogens with zero attached hydrogens (tertiary/aromatic N) is 3. The van der Waals surface area contributed by atoms with Crippen LogP contribution in [0.4, 0.5) is 0 Å². The van der Waals surface area contributed by atoms with Crippen LogP contribution < -0.4 is 0 Å². The van der Waals surface area contributed by atoms with E-state index in [2.05, 4.69) is 37.6 Å². The van der Waals surface area contributed by atoms with E-state index >= 15 is 0 Å². The minimum Gasteiger partial charge on any atom is -0.344 e. The van der Waals surface area contributed by atoms with Crippen LogP contribution in [0.15, 0.2) is 4.99 Å². The van der Waals surface area contributed by atoms with E-state index in [9.17, 15) is 0 Å². The second-order valence-corrected chi connectivity index (χ2v) is 7.11. The van der Waals surface area contributed by atoms with Crippen LogP contribution in [0.1, 0.15) is 85.0 Å². The first-order valence-electron chi connectivity index (χ1n) is 9.69. The molecule has 22 heavy (non-hydrogen) atoms. The van der Waals surface area contributed by atoms with Gasteiger partial charge < -0.3 is 9.80 Å². The summed E-state index contributed by atoms with van der Waals surface area (Å²) >= 11 is 0. The highest BCUT2D eigenvalue weighted by molar-refractivity contribution is 5.81. The van der Waals surface area contributed by atoms with E-state index in [1.807, 2.05) is 0 Å². The molecule has 1 heterocycles. The smallest absolute Gasteiger partial charge is 0.196 e. The molecule has 3 heteroatoms. The van der Waals surface area contributed by atoms with E-state index in [4.69, 9.17) is 4.99 Å². The Hall–Kier alpha value is -0.730. The normalized spacial score (nSPS) is 17.2. The Morgan fingerprint density at radius 3 is 1.95 bits per heavy atom. The number of guanidine groups is 1. The zero-order valence-electron chi connectivity index (χ0n) is 15.6. The van der Waals surface area contributed by atoms with Gasteiger partial charge >= 0.3 is 0 Å². The summed E-state index contributed by atoms with van der Waals surface area (Å²) in [5.74, 6) is 1.21. The molecule has 130 valence electrons. The fraction of sp³-hybridized carbons (Fsp3) is 0.947. The van der Waals surface area contributed by atoms with Crippen molar-refractivity contribution in [3.05, 3.63) is 0 Å². The molecule has 1 aliphatic rings. The van der Waals surface area contributed by atoms with E-state index in [1.54, 1.807) is 0 Å². The Balaban J connectivity index is 2.02. The first kappa shape index (κ1) is 19.3. The molecule has 0 aromatic rings. The first-order chi connectivity index (χ1) is 10.6. The van der Waals surface area contributed by atoms with Gasteiger partial charge in [0.05, 0.1) is 0 Å². The standard InChI is InChI=1S/C19H39N3/c1-5-6-7-8-9-10-11-12-13-14-15-22-17-16-21(4)19(22)20-18(2)3/h18H,5-17H2,1-4H3. The summed E-state index contributed by atoms with van der Waals surface area (Å²) in [4.78, 5) is 9.55. The molecule has 0 aromatic carbocycles. The number of aliphatic imine (C=N–C) groups is 1. The lowest BCUT2D eigenvalue weighted by Gasteiger charge is -2.21. The maximum Gasteiger partial charge on any atom is 0.196 e. The molecule has 0 radical (unpaired) electrons. The van der Waals surface area contributed by atoms with E-state index in [1.165, 1.54) is 76.7 Å². The highest BCUT2D eigenvalue weighted by atomic mass is 15.4. The van der Waals surface area contributed by atoms with Crippen molar-refractivity contribution < 1.29 is 0 Å². The van der Waals surface area contributed by atoms with Crippen molar-refractivity contribution in [1.82, 2.24) is 9.80 Å². The second-order valence-electron chi connectivity index (χ2n) is 7.11. The van der Waals surface area contributed by atoms with Crippen molar-refractivity contribution >= 4 is 5.96 Å². The highest BCUT2D eigenvalue weighted by Gasteiger charge is 2.22. The average molecular weight is 310 g/mol. The predicted octanol–water partition coefficient (Wildman–Crippen LogP) is 4.92. The van der Waals surface area contributed by atoms with Gasteiger partial charge in [0.25, 0.3) is 0 Å². The average Bonchev–Trinajstić information content (AvgIpc) is 2.81. The van der Waals surface area contributed by atoms with Gasteiger partial charge in [0.2, 0.25) is 0 Å². The van der Waals surface area contributed by atoms with Gasteiger partial charge in [-0.1, -0.05) is 64.7 Å². The Morgan fingerprint density at radius 2 is 1.41 bits per heavy atom. The molecule has 0 aliphatic carbocycles. The van der Waals surface area contributed by atoms with Crippen LogP contribution in [-0.4, -0.2) is 48.5 Å². The van der Waals surface area contributed by atoms with Gasteiger partial charge in [0.15, 0.2) is 5.96 Å². The molecule has 1 aliphatic heterocycles. The third-order valence-corrected chi connectivity index (χ3v) is 4.48. The van der Waals surface area contributed by atoms with E-state index in [0.29, 0.717) is 6.04 Å². The van der Waals surface area contributed by atoms with Gasteiger partial charge in [-0.15, -0.1) is 0 Å². The largest absolute Gasteiger partial charge is 0.344 e. The predicted molar refractivity (Wildman–Crippen MR) is 98.6 cm³/mol. The van der Waals surface area contributed by atoms with Crippen LogP contribution in [-0.2, 0) is 0 Å². The van der Waals surface area contributed by atoms with Gasteiger partial charge in [-0.2, -0.15) is 0 Å². The second kappa shape index (κ2) is 11.8. The number of hydrogen-bond acceptors (Lipinski definition) is 1. The van der Waals surface area contributed by atoms with Crippen molar-refractivity contribution in [2.24, 2.45) is 4.99 Å². The molecule has 0 amide bonds. The summed E-state index contributed by atoms with van der Waals surface area (Å²) in [6.07, 6.45) is 14.1. The Morgan fingerprint density at radius 1 is 0.864 bits per heavy atom. The lowest BCUT2D eigenvalue weighted by Crippen LogP contribution is -2.33. The molecule has 1 rings (SSSR count). The van der Waals surface area contributed by atoms with Crippen molar-refractivity contribution in [3.8, 4) is 0 Å². The molecule has 0 saturated carbocycles. The Kier molecular flexibility index (Phi) is 10.3. The SMILES string of the molecule is CCCCCCCCCCCCN1CCN(C)C1=NC(C)C. The molecule has 0 atom stereocenters. The third-order valence-electron chi connectivity index (χ3n) is 4.48. The van der Waals surface area contributed by atoms with Crippen molar-refractivity contribution in [2.75, 3.05) is 26.7 Å². The van der Waals surface area contributed by atoms with Crippen molar-refractivity contribution in [1.29, 1.82) is 0 Å². The molecule has 1 fully saturated rings. The number of likely N-dealkylation sites (N-methyl/N-ethyl adjacent to an activating group) is 1. The van der Waals surface area contributed by atoms with Gasteiger partial charge in [-0.05, 0) is 20.3 Å². The van der Waals surface area contributed by atoms with Crippen LogP contribution in [0.25, 0.3) is 0 Å². The van der Waals surface area contributed by atoms with E-state index in [0.717, 1.165) is 13.1 Å². The van der Waals surface area contributed by atoms with Crippen LogP contribution in [0.3, 0.4) is 0 Å². The van der Waals surface area contributed by atoms with Crippen LogP contribution in [0.2, 0.25) is 0 Å². The minimum absolute atomic E-state index is 0.394. The molecule has 0 spiro atoms. The van der Waals surface area contributed by atoms with Crippen LogP contribution in [0, 0.1) is 0 Å². The number of unbranched alkanes of at least 4 members (excludes halogenated alkanes) is 9. The molecular weight excluding hydrogens is 270 g/mol. The van der Waals surface area contributed by atoms with Crippen molar-refractivity contribution in [3.63, 3.8) is 0 Å². The van der Waals surface area contributed by atoms with Gasteiger partial charge in [-0.3, -0.25) is 4.99 Å². The topological polar surface area (TPSA) is 18.8 Å². The summed E-state index contributed by atoms with van der Waals surface area (Å²) in [7, 11) is 2.17.